The van der Waals surface area contributed by atoms with Gasteiger partial charge in [-0.3, -0.25) is 4.79 Å². The Morgan fingerprint density at radius 2 is 1.58 bits per heavy atom. The molecule has 9 nitrogen and oxygen atoms in total. The molecule has 0 aliphatic carbocycles. The molecule has 0 amide bonds. The van der Waals surface area contributed by atoms with E-state index >= 15 is 0 Å². The number of rotatable bonds is 6. The summed E-state index contributed by atoms with van der Waals surface area (Å²) in [7, 11) is 0. The number of ketones is 1. The Kier molecular flexibility index (Phi) is 4.71. The number of carboxylic acids is 1. The van der Waals surface area contributed by atoms with E-state index in [0.29, 0.717) is 15.8 Å². The second-order valence-electron chi connectivity index (χ2n) is 6.85. The summed E-state index contributed by atoms with van der Waals surface area (Å²) in [6, 6.07) is 14.6. The lowest BCUT2D eigenvalue weighted by Crippen LogP contribution is -2.49. The molecule has 5 rings (SSSR count). The van der Waals surface area contributed by atoms with E-state index in [1.165, 1.54) is 0 Å². The van der Waals surface area contributed by atoms with Gasteiger partial charge in [0.1, 0.15) is 5.25 Å². The van der Waals surface area contributed by atoms with Crippen molar-refractivity contribution in [2.75, 3.05) is 5.75 Å². The first-order valence-electron chi connectivity index (χ1n) is 9.16. The topological polar surface area (TPSA) is 138 Å². The van der Waals surface area contributed by atoms with Gasteiger partial charge in [-0.15, -0.1) is 0 Å². The second kappa shape index (κ2) is 7.43. The Hall–Kier alpha value is -3.31. The summed E-state index contributed by atoms with van der Waals surface area (Å²) < 4.78 is 5.16. The molecule has 31 heavy (non-hydrogen) atoms. The number of aromatic nitrogens is 4. The molecule has 4 aromatic rings. The van der Waals surface area contributed by atoms with Crippen LogP contribution in [0.4, 0.5) is 0 Å². The summed E-state index contributed by atoms with van der Waals surface area (Å²) in [4.78, 5) is 51.8. The predicted octanol–water partition coefficient (Wildman–Crippen LogP) is 2.64. The zero-order valence-electron chi connectivity index (χ0n) is 15.7. The molecule has 1 saturated heterocycles. The summed E-state index contributed by atoms with van der Waals surface area (Å²) in [6.45, 7) is 0. The Morgan fingerprint density at radius 3 is 2.19 bits per heavy atom. The van der Waals surface area contributed by atoms with E-state index in [-0.39, 0.29) is 5.75 Å². The fraction of sp³-hybridized carbons (Fsp3) is 0.150. The van der Waals surface area contributed by atoms with Gasteiger partial charge in [0.2, 0.25) is 5.60 Å². The zero-order valence-corrected chi connectivity index (χ0v) is 17.3. The van der Waals surface area contributed by atoms with Crippen molar-refractivity contribution in [1.82, 2.24) is 19.9 Å². The number of nitrogens with one attached hydrogen (secondary N) is 2. The number of nitrogens with zero attached hydrogens (tertiary/aromatic N) is 2. The summed E-state index contributed by atoms with van der Waals surface area (Å²) in [6.07, 6.45) is 0. The van der Waals surface area contributed by atoms with Gasteiger partial charge in [-0.1, -0.05) is 47.8 Å². The van der Waals surface area contributed by atoms with E-state index < -0.39 is 28.6 Å². The highest BCUT2D eigenvalue weighted by atomic mass is 32.2. The van der Waals surface area contributed by atoms with Gasteiger partial charge in [0, 0.05) is 0 Å². The van der Waals surface area contributed by atoms with Crippen LogP contribution in [0.2, 0.25) is 0 Å². The maximum absolute atomic E-state index is 12.6. The number of fused-ring (bicyclic) bond motifs is 2. The highest BCUT2D eigenvalue weighted by Gasteiger charge is 2.62. The number of carboxylic acid groups (broad SMARTS) is 1. The van der Waals surface area contributed by atoms with Crippen molar-refractivity contribution in [3.8, 4) is 0 Å². The Labute approximate surface area is 183 Å². The molecular weight excluding hydrogens is 440 g/mol. The molecule has 0 bridgehead atoms. The van der Waals surface area contributed by atoms with E-state index in [1.807, 2.05) is 42.5 Å². The normalized spacial score (nSPS) is 21.1. The maximum Gasteiger partial charge on any atom is 0.377 e. The average molecular weight is 454 g/mol. The van der Waals surface area contributed by atoms with Crippen molar-refractivity contribution in [2.45, 2.75) is 21.2 Å². The SMILES string of the molecule is O=C1OC(CSc2nc3ccccc3[nH]2)(C(=O)O)C(Sc2nc3ccccc3[nH]2)C1=O. The number of imidazole rings is 2. The number of carbonyl (C=O) groups excluding carboxylic acids is 2. The van der Waals surface area contributed by atoms with Crippen LogP contribution < -0.4 is 0 Å². The summed E-state index contributed by atoms with van der Waals surface area (Å²) >= 11 is 1.95. The number of ether oxygens (including phenoxy) is 1. The van der Waals surface area contributed by atoms with Crippen molar-refractivity contribution in [3.05, 3.63) is 48.5 Å². The number of hydrogen-bond acceptors (Lipinski definition) is 8. The number of esters is 1. The minimum Gasteiger partial charge on any atom is -0.478 e. The van der Waals surface area contributed by atoms with Crippen LogP contribution in [0.15, 0.2) is 58.8 Å². The molecule has 1 fully saturated rings. The largest absolute Gasteiger partial charge is 0.478 e. The highest BCUT2D eigenvalue weighted by Crippen LogP contribution is 2.41. The van der Waals surface area contributed by atoms with Gasteiger partial charge in [0.05, 0.1) is 27.8 Å². The average Bonchev–Trinajstić information content (AvgIpc) is 3.42. The Bertz CT molecular complexity index is 1280. The van der Waals surface area contributed by atoms with Crippen LogP contribution in [-0.2, 0) is 19.1 Å². The zero-order chi connectivity index (χ0) is 21.6. The number of thioether (sulfide) groups is 2. The van der Waals surface area contributed by atoms with Crippen LogP contribution in [0.5, 0.6) is 0 Å². The van der Waals surface area contributed by atoms with E-state index in [4.69, 9.17) is 4.74 Å². The molecule has 2 unspecified atom stereocenters. The van der Waals surface area contributed by atoms with Crippen molar-refractivity contribution < 1.29 is 24.2 Å². The van der Waals surface area contributed by atoms with Crippen molar-refractivity contribution in [1.29, 1.82) is 0 Å². The number of hydrogen-bond donors (Lipinski definition) is 3. The third-order valence-electron chi connectivity index (χ3n) is 4.89. The number of Topliss-reactive ketones (excluding diaryl/α,β-unsaturated/α-hetero) is 1. The molecular formula is C20H14N4O5S2. The first kappa shape index (κ1) is 19.6. The van der Waals surface area contributed by atoms with E-state index in [2.05, 4.69) is 19.9 Å². The Balaban J connectivity index is 1.45. The van der Waals surface area contributed by atoms with Crippen LogP contribution in [0.25, 0.3) is 22.1 Å². The van der Waals surface area contributed by atoms with Crippen molar-refractivity contribution in [2.24, 2.45) is 0 Å². The van der Waals surface area contributed by atoms with Gasteiger partial charge in [-0.05, 0) is 24.3 Å². The molecule has 1 aliphatic heterocycles. The molecule has 3 N–H and O–H groups in total. The lowest BCUT2D eigenvalue weighted by Gasteiger charge is -2.26. The van der Waals surface area contributed by atoms with Crippen LogP contribution in [0, 0.1) is 0 Å². The molecule has 2 aromatic carbocycles. The maximum atomic E-state index is 12.6. The predicted molar refractivity (Wildman–Crippen MR) is 114 cm³/mol. The number of benzene rings is 2. The third-order valence-corrected chi connectivity index (χ3v) is 7.17. The number of H-pyrrole nitrogens is 2. The monoisotopic (exact) mass is 454 g/mol. The molecule has 0 spiro atoms. The van der Waals surface area contributed by atoms with Gasteiger partial charge < -0.3 is 19.8 Å². The Morgan fingerprint density at radius 1 is 1.00 bits per heavy atom. The molecule has 2 aromatic heterocycles. The third kappa shape index (κ3) is 3.35. The minimum absolute atomic E-state index is 0.197. The first-order chi connectivity index (χ1) is 15.0. The molecule has 11 heteroatoms. The van der Waals surface area contributed by atoms with Crippen molar-refractivity contribution >= 4 is 63.3 Å². The highest BCUT2D eigenvalue weighted by molar-refractivity contribution is 8.01. The summed E-state index contributed by atoms with van der Waals surface area (Å²) in [5.74, 6) is -3.67. The van der Waals surface area contributed by atoms with Gasteiger partial charge in [0.15, 0.2) is 10.3 Å². The van der Waals surface area contributed by atoms with Gasteiger partial charge in [0.25, 0.3) is 5.78 Å². The molecule has 156 valence electrons. The molecule has 0 saturated carbocycles. The van der Waals surface area contributed by atoms with Crippen LogP contribution >= 0.6 is 23.5 Å². The van der Waals surface area contributed by atoms with Crippen LogP contribution in [0.1, 0.15) is 0 Å². The fourth-order valence-corrected chi connectivity index (χ4v) is 5.65. The summed E-state index contributed by atoms with van der Waals surface area (Å²) in [5, 5.41) is 9.49. The number of aliphatic carboxylic acids is 1. The lowest BCUT2D eigenvalue weighted by molar-refractivity contribution is -0.167. The lowest BCUT2D eigenvalue weighted by atomic mass is 10.0. The minimum atomic E-state index is -2.05. The fourth-order valence-electron chi connectivity index (χ4n) is 3.33. The second-order valence-corrected chi connectivity index (χ2v) is 8.91. The standard InChI is InChI=1S/C20H14N4O5S2/c25-14-15(31-19-23-12-7-3-4-8-13(12)24-19)20(17(27)28,29-16(14)26)9-30-18-21-10-5-1-2-6-11(10)22-18/h1-8,15H,9H2,(H,21,22)(H,23,24)(H,27,28). The number of para-hydroxylation sites is 4. The smallest absolute Gasteiger partial charge is 0.377 e. The van der Waals surface area contributed by atoms with E-state index in [0.717, 1.165) is 40.1 Å². The number of cyclic esters (lactones) is 1. The molecule has 1 aliphatic rings. The number of aromatic amines is 2. The van der Waals surface area contributed by atoms with Gasteiger partial charge >= 0.3 is 11.9 Å². The summed E-state index contributed by atoms with van der Waals surface area (Å²) in [5.41, 5.74) is 0.867. The molecule has 2 atom stereocenters. The van der Waals surface area contributed by atoms with Crippen LogP contribution in [-0.4, -0.2) is 59.4 Å². The van der Waals surface area contributed by atoms with Gasteiger partial charge in [-0.25, -0.2) is 19.6 Å². The number of carbonyl (C=O) groups is 3. The van der Waals surface area contributed by atoms with E-state index in [1.54, 1.807) is 6.07 Å². The van der Waals surface area contributed by atoms with E-state index in [9.17, 15) is 19.5 Å². The van der Waals surface area contributed by atoms with Crippen LogP contribution in [0.3, 0.4) is 0 Å². The van der Waals surface area contributed by atoms with Gasteiger partial charge in [-0.2, -0.15) is 0 Å². The van der Waals surface area contributed by atoms with Crippen molar-refractivity contribution in [3.63, 3.8) is 0 Å². The molecule has 0 radical (unpaired) electrons. The molecule has 3 heterocycles. The quantitative estimate of drug-likeness (QED) is 0.228. The first-order valence-corrected chi connectivity index (χ1v) is 11.0.